The van der Waals surface area contributed by atoms with Crippen LogP contribution in [0.4, 0.5) is 0 Å². The Labute approximate surface area is 206 Å². The zero-order valence-corrected chi connectivity index (χ0v) is 19.4. The summed E-state index contributed by atoms with van der Waals surface area (Å²) < 4.78 is 0. The van der Waals surface area contributed by atoms with Crippen LogP contribution in [-0.2, 0) is 9.59 Å². The maximum atomic E-state index is 13.6. The van der Waals surface area contributed by atoms with Crippen molar-refractivity contribution in [1.82, 2.24) is 10.0 Å². The summed E-state index contributed by atoms with van der Waals surface area (Å²) >= 11 is 12.2. The van der Waals surface area contributed by atoms with E-state index >= 15 is 0 Å². The Bertz CT molecular complexity index is 1240. The number of halogens is 2. The van der Waals surface area contributed by atoms with Crippen molar-refractivity contribution in [2.24, 2.45) is 35.5 Å². The average molecular weight is 495 g/mol. The molecule has 7 rings (SSSR count). The lowest BCUT2D eigenvalue weighted by Crippen LogP contribution is -2.52. The van der Waals surface area contributed by atoms with Crippen LogP contribution in [0.1, 0.15) is 27.1 Å². The van der Waals surface area contributed by atoms with Crippen LogP contribution in [0, 0.1) is 35.5 Å². The standard InChI is InChI=1S/C26H20Cl2N2O4/c27-14-7-5-13(6-8-14)21(31)12-29(24(32)17-3-1-2-4-20(17)28)30-25(33)22-15-9-10-16(19-11-18(15)19)23(22)26(30)34/h1-10,15-16,18-19,22-23H,11-12H2/t15-,16-,18-,19-,22+,23+/m0/s1. The van der Waals surface area contributed by atoms with Gasteiger partial charge in [-0.2, -0.15) is 5.01 Å². The lowest BCUT2D eigenvalue weighted by molar-refractivity contribution is -0.154. The number of rotatable bonds is 5. The Morgan fingerprint density at radius 2 is 1.47 bits per heavy atom. The van der Waals surface area contributed by atoms with E-state index in [0.29, 0.717) is 22.4 Å². The maximum Gasteiger partial charge on any atom is 0.274 e. The molecular formula is C26H20Cl2N2O4. The van der Waals surface area contributed by atoms with Crippen molar-refractivity contribution in [3.05, 3.63) is 81.9 Å². The summed E-state index contributed by atoms with van der Waals surface area (Å²) in [5, 5.41) is 2.55. The van der Waals surface area contributed by atoms with Crippen LogP contribution in [0.25, 0.3) is 0 Å². The molecule has 2 saturated carbocycles. The van der Waals surface area contributed by atoms with Crippen LogP contribution >= 0.6 is 23.2 Å². The first kappa shape index (κ1) is 21.6. The molecule has 0 radical (unpaired) electrons. The zero-order valence-electron chi connectivity index (χ0n) is 17.9. The van der Waals surface area contributed by atoms with Gasteiger partial charge in [-0.1, -0.05) is 47.5 Å². The molecule has 172 valence electrons. The Kier molecular flexibility index (Phi) is 4.94. The number of Topliss-reactive ketones (excluding diaryl/α,β-unsaturated/α-hetero) is 1. The molecule has 1 heterocycles. The first-order valence-electron chi connectivity index (χ1n) is 11.3. The first-order chi connectivity index (χ1) is 16.4. The summed E-state index contributed by atoms with van der Waals surface area (Å²) in [4.78, 5) is 54.1. The van der Waals surface area contributed by atoms with Crippen LogP contribution < -0.4 is 0 Å². The minimum absolute atomic E-state index is 0.00526. The molecule has 34 heavy (non-hydrogen) atoms. The van der Waals surface area contributed by atoms with Gasteiger partial charge in [0.2, 0.25) is 0 Å². The molecule has 3 amide bonds. The van der Waals surface area contributed by atoms with Crippen LogP contribution in [0.15, 0.2) is 60.7 Å². The predicted molar refractivity (Wildman–Crippen MR) is 125 cm³/mol. The number of carbonyl (C=O) groups excluding carboxylic acids is 4. The molecule has 8 heteroatoms. The van der Waals surface area contributed by atoms with E-state index in [1.165, 1.54) is 6.07 Å². The Balaban J connectivity index is 1.37. The van der Waals surface area contributed by atoms with Gasteiger partial charge in [0.1, 0.15) is 6.54 Å². The van der Waals surface area contributed by atoms with Crippen LogP contribution in [0.3, 0.4) is 0 Å². The molecule has 5 aliphatic rings. The fourth-order valence-corrected chi connectivity index (χ4v) is 6.39. The second-order valence-corrected chi connectivity index (χ2v) is 10.3. The minimum atomic E-state index is -0.668. The lowest BCUT2D eigenvalue weighted by Gasteiger charge is -2.37. The summed E-state index contributed by atoms with van der Waals surface area (Å²) in [7, 11) is 0. The highest BCUT2D eigenvalue weighted by Gasteiger charge is 2.68. The second kappa shape index (κ2) is 7.79. The Hall–Kier alpha value is -2.96. The van der Waals surface area contributed by atoms with Gasteiger partial charge in [0.25, 0.3) is 17.7 Å². The maximum absolute atomic E-state index is 13.6. The van der Waals surface area contributed by atoms with Crippen molar-refractivity contribution in [1.29, 1.82) is 0 Å². The number of carbonyl (C=O) groups is 4. The number of hydrogen-bond donors (Lipinski definition) is 0. The summed E-state index contributed by atoms with van der Waals surface area (Å²) in [6, 6.07) is 12.6. The van der Waals surface area contributed by atoms with Gasteiger partial charge < -0.3 is 0 Å². The largest absolute Gasteiger partial charge is 0.292 e. The van der Waals surface area contributed by atoms with Gasteiger partial charge in [-0.05, 0) is 66.5 Å². The molecule has 3 fully saturated rings. The van der Waals surface area contributed by atoms with Gasteiger partial charge in [-0.25, -0.2) is 5.01 Å². The predicted octanol–water partition coefficient (Wildman–Crippen LogP) is 4.29. The van der Waals surface area contributed by atoms with Crippen LogP contribution in [-0.4, -0.2) is 40.1 Å². The number of benzene rings is 2. The van der Waals surface area contributed by atoms with Crippen molar-refractivity contribution in [3.63, 3.8) is 0 Å². The van der Waals surface area contributed by atoms with Gasteiger partial charge in [0.05, 0.1) is 22.4 Å². The molecule has 4 aliphatic carbocycles. The van der Waals surface area contributed by atoms with Crippen molar-refractivity contribution >= 4 is 46.7 Å². The SMILES string of the molecule is O=C(CN(C(=O)c1ccccc1Cl)N1C(=O)[C@@H]2[C@H]3C=C[C@@H]([C@@H]4C[C@@H]34)[C@H]2C1=O)c1ccc(Cl)cc1. The second-order valence-electron chi connectivity index (χ2n) is 9.42. The summed E-state index contributed by atoms with van der Waals surface area (Å²) in [6.45, 7) is -0.474. The molecule has 0 unspecified atom stereocenters. The highest BCUT2D eigenvalue weighted by molar-refractivity contribution is 6.34. The molecule has 1 saturated heterocycles. The van der Waals surface area contributed by atoms with E-state index in [9.17, 15) is 19.2 Å². The molecule has 0 aromatic heterocycles. The third kappa shape index (κ3) is 3.16. The quantitative estimate of drug-likeness (QED) is 0.353. The fraction of sp³-hybridized carbons (Fsp3) is 0.308. The van der Waals surface area contributed by atoms with Crippen molar-refractivity contribution < 1.29 is 19.2 Å². The highest BCUT2D eigenvalue weighted by Crippen LogP contribution is 2.65. The van der Waals surface area contributed by atoms with Crippen molar-refractivity contribution in [2.75, 3.05) is 6.54 Å². The molecule has 6 nitrogen and oxygen atoms in total. The normalized spacial score (nSPS) is 30.2. The van der Waals surface area contributed by atoms with Crippen molar-refractivity contribution in [3.8, 4) is 0 Å². The first-order valence-corrected chi connectivity index (χ1v) is 12.0. The molecule has 6 atom stereocenters. The number of hydrogen-bond acceptors (Lipinski definition) is 4. The van der Waals surface area contributed by atoms with E-state index in [0.717, 1.165) is 16.4 Å². The number of imide groups is 1. The smallest absolute Gasteiger partial charge is 0.274 e. The van der Waals surface area contributed by atoms with Crippen LogP contribution in [0.2, 0.25) is 10.0 Å². The molecule has 2 aromatic carbocycles. The number of amides is 3. The number of allylic oxidation sites excluding steroid dienone is 2. The van der Waals surface area contributed by atoms with E-state index < -0.39 is 41.9 Å². The fourth-order valence-electron chi connectivity index (χ4n) is 6.05. The lowest BCUT2D eigenvalue weighted by atomic mass is 9.63. The van der Waals surface area contributed by atoms with E-state index in [-0.39, 0.29) is 22.4 Å². The summed E-state index contributed by atoms with van der Waals surface area (Å²) in [6.07, 6.45) is 5.16. The van der Waals surface area contributed by atoms with E-state index in [4.69, 9.17) is 23.2 Å². The number of ketones is 1. The number of nitrogens with zero attached hydrogens (tertiary/aromatic N) is 2. The van der Waals surface area contributed by atoms with Gasteiger partial charge in [0.15, 0.2) is 5.78 Å². The van der Waals surface area contributed by atoms with E-state index in [2.05, 4.69) is 12.2 Å². The van der Waals surface area contributed by atoms with E-state index in [1.54, 1.807) is 42.5 Å². The monoisotopic (exact) mass is 494 g/mol. The Morgan fingerprint density at radius 1 is 0.882 bits per heavy atom. The van der Waals surface area contributed by atoms with Gasteiger partial charge in [-0.3, -0.25) is 19.2 Å². The zero-order chi connectivity index (χ0) is 23.7. The summed E-state index contributed by atoms with van der Waals surface area (Å²) in [5.41, 5.74) is 0.438. The Morgan fingerprint density at radius 3 is 2.06 bits per heavy atom. The third-order valence-corrected chi connectivity index (χ3v) is 8.26. The molecule has 0 N–H and O–H groups in total. The topological polar surface area (TPSA) is 74.8 Å². The third-order valence-electron chi connectivity index (χ3n) is 7.68. The molecule has 2 bridgehead atoms. The minimum Gasteiger partial charge on any atom is -0.292 e. The van der Waals surface area contributed by atoms with Gasteiger partial charge in [0, 0.05) is 10.6 Å². The highest BCUT2D eigenvalue weighted by atomic mass is 35.5. The van der Waals surface area contributed by atoms with Crippen LogP contribution in [0.5, 0.6) is 0 Å². The van der Waals surface area contributed by atoms with Crippen molar-refractivity contribution in [2.45, 2.75) is 6.42 Å². The molecule has 2 aromatic rings. The van der Waals surface area contributed by atoms with E-state index in [1.807, 2.05) is 0 Å². The van der Waals surface area contributed by atoms with Gasteiger partial charge in [-0.15, -0.1) is 0 Å². The average Bonchev–Trinajstić information content (AvgIpc) is 3.61. The molecular weight excluding hydrogens is 475 g/mol. The van der Waals surface area contributed by atoms with Gasteiger partial charge >= 0.3 is 0 Å². The molecule has 1 aliphatic heterocycles. The molecule has 0 spiro atoms. The number of hydrazine groups is 1. The summed E-state index contributed by atoms with van der Waals surface area (Å²) in [5.74, 6) is -2.02.